The molecule has 23 heavy (non-hydrogen) atoms. The number of benzene rings is 1. The van der Waals surface area contributed by atoms with Crippen LogP contribution < -0.4 is 10.6 Å². The molecule has 0 heterocycles. The van der Waals surface area contributed by atoms with Gasteiger partial charge in [0.2, 0.25) is 5.91 Å². The second-order valence-electron chi connectivity index (χ2n) is 5.82. The largest absolute Gasteiger partial charge is 0.467 e. The summed E-state index contributed by atoms with van der Waals surface area (Å²) in [7, 11) is 1.28. The molecule has 1 aromatic carbocycles. The lowest BCUT2D eigenvalue weighted by molar-refractivity contribution is -0.145. The molecule has 0 aromatic heterocycles. The SMILES string of the molecule is COC(=O)[C@H](CC(C)C)NC(=O)CNC(=O)c1ccc(C)cc1. The number of aryl methyl sites for hydroxylation is 1. The van der Waals surface area contributed by atoms with Crippen molar-refractivity contribution in [2.45, 2.75) is 33.2 Å². The van der Waals surface area contributed by atoms with Crippen LogP contribution in [0, 0.1) is 12.8 Å². The predicted octanol–water partition coefficient (Wildman–Crippen LogP) is 1.43. The monoisotopic (exact) mass is 320 g/mol. The van der Waals surface area contributed by atoms with Crippen LogP contribution in [-0.2, 0) is 14.3 Å². The summed E-state index contributed by atoms with van der Waals surface area (Å²) < 4.78 is 4.68. The first-order valence-electron chi connectivity index (χ1n) is 7.55. The van der Waals surface area contributed by atoms with Gasteiger partial charge in [-0.15, -0.1) is 0 Å². The summed E-state index contributed by atoms with van der Waals surface area (Å²) in [6.45, 7) is 5.62. The molecule has 0 saturated carbocycles. The molecule has 0 saturated heterocycles. The van der Waals surface area contributed by atoms with E-state index in [2.05, 4.69) is 15.4 Å². The third-order valence-electron chi connectivity index (χ3n) is 3.25. The van der Waals surface area contributed by atoms with E-state index in [0.717, 1.165) is 5.56 Å². The van der Waals surface area contributed by atoms with E-state index >= 15 is 0 Å². The van der Waals surface area contributed by atoms with Gasteiger partial charge < -0.3 is 15.4 Å². The second-order valence-corrected chi connectivity index (χ2v) is 5.82. The molecule has 1 atom stereocenters. The zero-order valence-electron chi connectivity index (χ0n) is 14.0. The van der Waals surface area contributed by atoms with Crippen molar-refractivity contribution in [3.63, 3.8) is 0 Å². The number of nitrogens with one attached hydrogen (secondary N) is 2. The van der Waals surface area contributed by atoms with Crippen LogP contribution in [0.4, 0.5) is 0 Å². The lowest BCUT2D eigenvalue weighted by atomic mass is 10.0. The molecular formula is C17H24N2O4. The quantitative estimate of drug-likeness (QED) is 0.744. The Morgan fingerprint density at radius 1 is 1.13 bits per heavy atom. The summed E-state index contributed by atoms with van der Waals surface area (Å²) in [4.78, 5) is 35.5. The molecule has 2 N–H and O–H groups in total. The molecule has 0 spiro atoms. The number of carbonyl (C=O) groups is 3. The maximum absolute atomic E-state index is 11.9. The Morgan fingerprint density at radius 2 is 1.74 bits per heavy atom. The highest BCUT2D eigenvalue weighted by Crippen LogP contribution is 2.06. The second kappa shape index (κ2) is 8.92. The molecule has 1 rings (SSSR count). The Kier molecular flexibility index (Phi) is 7.25. The molecular weight excluding hydrogens is 296 g/mol. The Morgan fingerprint density at radius 3 is 2.26 bits per heavy atom. The number of esters is 1. The maximum Gasteiger partial charge on any atom is 0.328 e. The van der Waals surface area contributed by atoms with Gasteiger partial charge >= 0.3 is 5.97 Å². The Hall–Kier alpha value is -2.37. The molecule has 0 radical (unpaired) electrons. The Labute approximate surface area is 136 Å². The number of hydrogen-bond donors (Lipinski definition) is 2. The van der Waals surface area contributed by atoms with E-state index in [-0.39, 0.29) is 18.4 Å². The lowest BCUT2D eigenvalue weighted by Crippen LogP contribution is -2.46. The fraction of sp³-hybridized carbons (Fsp3) is 0.471. The number of rotatable bonds is 7. The van der Waals surface area contributed by atoms with E-state index in [1.807, 2.05) is 32.9 Å². The van der Waals surface area contributed by atoms with E-state index in [1.165, 1.54) is 7.11 Å². The molecule has 6 nitrogen and oxygen atoms in total. The topological polar surface area (TPSA) is 84.5 Å². The van der Waals surface area contributed by atoms with E-state index in [4.69, 9.17) is 0 Å². The van der Waals surface area contributed by atoms with Gasteiger partial charge in [0.25, 0.3) is 5.91 Å². The minimum absolute atomic E-state index is 0.196. The van der Waals surface area contributed by atoms with Crippen LogP contribution in [0.3, 0.4) is 0 Å². The molecule has 0 fully saturated rings. The first kappa shape index (κ1) is 18.7. The summed E-state index contributed by atoms with van der Waals surface area (Å²) in [6, 6.07) is 6.33. The van der Waals surface area contributed by atoms with Gasteiger partial charge in [-0.2, -0.15) is 0 Å². The maximum atomic E-state index is 11.9. The highest BCUT2D eigenvalue weighted by molar-refractivity contribution is 5.96. The van der Waals surface area contributed by atoms with Crippen LogP contribution in [0.15, 0.2) is 24.3 Å². The molecule has 2 amide bonds. The summed E-state index contributed by atoms with van der Waals surface area (Å²) in [6.07, 6.45) is 0.477. The van der Waals surface area contributed by atoms with Gasteiger partial charge in [-0.05, 0) is 31.4 Å². The Bertz CT molecular complexity index is 552. The summed E-state index contributed by atoms with van der Waals surface area (Å²) in [5, 5.41) is 5.12. The Balaban J connectivity index is 2.52. The smallest absolute Gasteiger partial charge is 0.328 e. The van der Waals surface area contributed by atoms with Crippen molar-refractivity contribution in [3.05, 3.63) is 35.4 Å². The highest BCUT2D eigenvalue weighted by atomic mass is 16.5. The molecule has 6 heteroatoms. The first-order valence-corrected chi connectivity index (χ1v) is 7.55. The summed E-state index contributed by atoms with van der Waals surface area (Å²) in [5.41, 5.74) is 1.53. The molecule has 0 aliphatic heterocycles. The fourth-order valence-electron chi connectivity index (χ4n) is 2.04. The van der Waals surface area contributed by atoms with E-state index in [0.29, 0.717) is 12.0 Å². The van der Waals surface area contributed by atoms with E-state index < -0.39 is 17.9 Å². The van der Waals surface area contributed by atoms with Crippen molar-refractivity contribution in [3.8, 4) is 0 Å². The van der Waals surface area contributed by atoms with Gasteiger partial charge in [-0.3, -0.25) is 9.59 Å². The summed E-state index contributed by atoms with van der Waals surface area (Å²) in [5.74, 6) is -1.03. The minimum Gasteiger partial charge on any atom is -0.467 e. The van der Waals surface area contributed by atoms with Crippen LogP contribution in [0.25, 0.3) is 0 Å². The molecule has 1 aromatic rings. The van der Waals surface area contributed by atoms with Crippen LogP contribution in [0.1, 0.15) is 36.2 Å². The zero-order valence-corrected chi connectivity index (χ0v) is 14.0. The average Bonchev–Trinajstić information content (AvgIpc) is 2.51. The number of amides is 2. The van der Waals surface area contributed by atoms with Crippen LogP contribution in [0.5, 0.6) is 0 Å². The minimum atomic E-state index is -0.705. The van der Waals surface area contributed by atoms with Crippen molar-refractivity contribution in [1.82, 2.24) is 10.6 Å². The van der Waals surface area contributed by atoms with Crippen LogP contribution >= 0.6 is 0 Å². The average molecular weight is 320 g/mol. The van der Waals surface area contributed by atoms with E-state index in [9.17, 15) is 14.4 Å². The lowest BCUT2D eigenvalue weighted by Gasteiger charge is -2.18. The van der Waals surface area contributed by atoms with Gasteiger partial charge in [-0.25, -0.2) is 4.79 Å². The number of ether oxygens (including phenoxy) is 1. The molecule has 0 aliphatic carbocycles. The third kappa shape index (κ3) is 6.50. The predicted molar refractivity (Wildman–Crippen MR) is 86.9 cm³/mol. The van der Waals surface area contributed by atoms with Crippen LogP contribution in [0.2, 0.25) is 0 Å². The zero-order chi connectivity index (χ0) is 17.4. The van der Waals surface area contributed by atoms with Crippen molar-refractivity contribution in [1.29, 1.82) is 0 Å². The van der Waals surface area contributed by atoms with Crippen molar-refractivity contribution >= 4 is 17.8 Å². The molecule has 0 bridgehead atoms. The standard InChI is InChI=1S/C17H24N2O4/c1-11(2)9-14(17(22)23-4)19-15(20)10-18-16(21)13-7-5-12(3)6-8-13/h5-8,11,14H,9-10H2,1-4H3,(H,18,21)(H,19,20)/t14-/m0/s1. The first-order chi connectivity index (χ1) is 10.8. The molecule has 0 aliphatic rings. The van der Waals surface area contributed by atoms with E-state index in [1.54, 1.807) is 12.1 Å². The summed E-state index contributed by atoms with van der Waals surface area (Å²) >= 11 is 0. The molecule has 0 unspecified atom stereocenters. The van der Waals surface area contributed by atoms with Gasteiger partial charge in [0.1, 0.15) is 6.04 Å². The van der Waals surface area contributed by atoms with Gasteiger partial charge in [-0.1, -0.05) is 31.5 Å². The van der Waals surface area contributed by atoms with Crippen LogP contribution in [-0.4, -0.2) is 37.5 Å². The highest BCUT2D eigenvalue weighted by Gasteiger charge is 2.22. The number of methoxy groups -OCH3 is 1. The van der Waals surface area contributed by atoms with Crippen molar-refractivity contribution < 1.29 is 19.1 Å². The van der Waals surface area contributed by atoms with Crippen molar-refractivity contribution in [2.75, 3.05) is 13.7 Å². The van der Waals surface area contributed by atoms with Gasteiger partial charge in [0.05, 0.1) is 13.7 Å². The van der Waals surface area contributed by atoms with Gasteiger partial charge in [0, 0.05) is 5.56 Å². The molecule has 126 valence electrons. The van der Waals surface area contributed by atoms with Gasteiger partial charge in [0.15, 0.2) is 0 Å². The number of carbonyl (C=O) groups excluding carboxylic acids is 3. The fourth-order valence-corrected chi connectivity index (χ4v) is 2.04. The third-order valence-corrected chi connectivity index (χ3v) is 3.25. The van der Waals surface area contributed by atoms with Crippen molar-refractivity contribution in [2.24, 2.45) is 5.92 Å². The normalized spacial score (nSPS) is 11.7. The number of hydrogen-bond acceptors (Lipinski definition) is 4.